The number of nitrogens with zero attached hydrogens (tertiary/aromatic N) is 5. The Hall–Kier alpha value is -2.12. The Morgan fingerprint density at radius 1 is 1.17 bits per heavy atom. The Balaban J connectivity index is 1.63. The summed E-state index contributed by atoms with van der Waals surface area (Å²) in [7, 11) is -2.13. The van der Waals surface area contributed by atoms with E-state index in [1.807, 2.05) is 27.7 Å². The Morgan fingerprint density at radius 2 is 1.78 bits per heavy atom. The second kappa shape index (κ2) is 9.97. The normalized spacial score (nSPS) is 15.4. The second-order valence-electron chi connectivity index (χ2n) is 9.92. The van der Waals surface area contributed by atoms with Crippen molar-refractivity contribution in [3.63, 3.8) is 0 Å². The van der Waals surface area contributed by atoms with Gasteiger partial charge in [-0.25, -0.2) is 17.2 Å². The van der Waals surface area contributed by atoms with Gasteiger partial charge in [0.25, 0.3) is 10.0 Å². The molecule has 1 aromatic carbocycles. The van der Waals surface area contributed by atoms with Crippen molar-refractivity contribution < 1.29 is 17.9 Å². The molecule has 0 radical (unpaired) electrons. The summed E-state index contributed by atoms with van der Waals surface area (Å²) >= 11 is 8.40. The van der Waals surface area contributed by atoms with Gasteiger partial charge in [-0.15, -0.1) is 0 Å². The second-order valence-corrected chi connectivity index (χ2v) is 13.2. The zero-order chi connectivity index (χ0) is 26.4. The number of benzene rings is 1. The van der Waals surface area contributed by atoms with Gasteiger partial charge >= 0.3 is 6.09 Å². The zero-order valence-corrected chi connectivity index (χ0v) is 24.6. The monoisotopic (exact) mass is 645 g/mol. The SMILES string of the molecule is Cc1ccc(S(=O)(=O)n2cc(I)c3c(N4CCC(N(C)C(=O)OC(C)(C)C)CC4)nc(Cl)nc32)cc1. The van der Waals surface area contributed by atoms with Gasteiger partial charge in [0, 0.05) is 35.9 Å². The highest BCUT2D eigenvalue weighted by molar-refractivity contribution is 14.1. The maximum absolute atomic E-state index is 13.4. The van der Waals surface area contributed by atoms with Crippen molar-refractivity contribution >= 4 is 67.2 Å². The molecule has 0 N–H and O–H groups in total. The Morgan fingerprint density at radius 3 is 2.36 bits per heavy atom. The average Bonchev–Trinajstić information content (AvgIpc) is 3.14. The smallest absolute Gasteiger partial charge is 0.410 e. The molecule has 0 spiro atoms. The zero-order valence-electron chi connectivity index (χ0n) is 20.8. The minimum absolute atomic E-state index is 0.0227. The minimum Gasteiger partial charge on any atom is -0.444 e. The molecule has 9 nitrogen and oxygen atoms in total. The van der Waals surface area contributed by atoms with Crippen LogP contribution in [0.15, 0.2) is 35.4 Å². The Kier molecular flexibility index (Phi) is 7.46. The van der Waals surface area contributed by atoms with Crippen LogP contribution in [0, 0.1) is 10.5 Å². The van der Waals surface area contributed by atoms with Crippen molar-refractivity contribution in [2.75, 3.05) is 25.0 Å². The molecule has 1 saturated heterocycles. The van der Waals surface area contributed by atoms with Crippen molar-refractivity contribution in [1.29, 1.82) is 0 Å². The molecule has 0 bridgehead atoms. The number of hydrogen-bond donors (Lipinski definition) is 0. The van der Waals surface area contributed by atoms with Crippen LogP contribution in [-0.2, 0) is 14.8 Å². The van der Waals surface area contributed by atoms with Crippen LogP contribution >= 0.6 is 34.2 Å². The van der Waals surface area contributed by atoms with E-state index in [4.69, 9.17) is 16.3 Å². The number of carbonyl (C=O) groups excluding carboxylic acids is 1. The van der Waals surface area contributed by atoms with Crippen molar-refractivity contribution in [3.8, 4) is 0 Å². The number of piperidine rings is 1. The highest BCUT2D eigenvalue weighted by Crippen LogP contribution is 2.35. The third-order valence-electron chi connectivity index (χ3n) is 6.09. The van der Waals surface area contributed by atoms with Gasteiger partial charge in [-0.1, -0.05) is 17.7 Å². The van der Waals surface area contributed by atoms with Crippen LogP contribution in [0.5, 0.6) is 0 Å². The number of hydrogen-bond acceptors (Lipinski definition) is 7. The summed E-state index contributed by atoms with van der Waals surface area (Å²) in [6, 6.07) is 6.71. The van der Waals surface area contributed by atoms with Crippen molar-refractivity contribution in [2.24, 2.45) is 0 Å². The molecule has 1 fully saturated rings. The number of carbonyl (C=O) groups is 1. The van der Waals surface area contributed by atoms with Crippen molar-refractivity contribution in [1.82, 2.24) is 18.8 Å². The van der Waals surface area contributed by atoms with Crippen LogP contribution in [-0.4, -0.2) is 65.1 Å². The molecule has 3 heterocycles. The molecule has 3 aromatic rings. The van der Waals surface area contributed by atoms with Crippen LogP contribution in [0.1, 0.15) is 39.2 Å². The average molecular weight is 646 g/mol. The molecular weight excluding hydrogens is 617 g/mol. The Bertz CT molecular complexity index is 1390. The Labute approximate surface area is 230 Å². The number of ether oxygens (including phenoxy) is 1. The van der Waals surface area contributed by atoms with Crippen molar-refractivity contribution in [3.05, 3.63) is 44.9 Å². The molecule has 1 aliphatic rings. The maximum Gasteiger partial charge on any atom is 0.410 e. The lowest BCUT2D eigenvalue weighted by atomic mass is 10.0. The molecular formula is C24H29ClIN5O4S. The van der Waals surface area contributed by atoms with Crippen LogP contribution < -0.4 is 4.90 Å². The first-order valence-corrected chi connectivity index (χ1v) is 14.4. The van der Waals surface area contributed by atoms with E-state index in [1.165, 1.54) is 3.97 Å². The number of aryl methyl sites for hydroxylation is 1. The predicted octanol–water partition coefficient (Wildman–Crippen LogP) is 5.07. The third kappa shape index (κ3) is 5.42. The van der Waals surface area contributed by atoms with Crippen LogP contribution in [0.4, 0.5) is 10.6 Å². The molecule has 0 atom stereocenters. The number of anilines is 1. The fraction of sp³-hybridized carbons (Fsp3) is 0.458. The van der Waals surface area contributed by atoms with E-state index in [9.17, 15) is 13.2 Å². The van der Waals surface area contributed by atoms with Gasteiger partial charge in [-0.3, -0.25) is 0 Å². The molecule has 1 aliphatic heterocycles. The van der Waals surface area contributed by atoms with Crippen molar-refractivity contribution in [2.45, 2.75) is 57.1 Å². The summed E-state index contributed by atoms with van der Waals surface area (Å²) in [6.07, 6.45) is 2.62. The van der Waals surface area contributed by atoms with E-state index in [1.54, 1.807) is 42.4 Å². The summed E-state index contributed by atoms with van der Waals surface area (Å²) in [4.78, 5) is 25.2. The summed E-state index contributed by atoms with van der Waals surface area (Å²) < 4.78 is 34.3. The van der Waals surface area contributed by atoms with E-state index in [0.29, 0.717) is 40.7 Å². The van der Waals surface area contributed by atoms with Gasteiger partial charge in [0.2, 0.25) is 5.28 Å². The lowest BCUT2D eigenvalue weighted by molar-refractivity contribution is 0.0201. The molecule has 194 valence electrons. The first kappa shape index (κ1) is 26.9. The van der Waals surface area contributed by atoms with E-state index in [-0.39, 0.29) is 28.0 Å². The lowest BCUT2D eigenvalue weighted by Gasteiger charge is -2.37. The lowest BCUT2D eigenvalue weighted by Crippen LogP contribution is -2.47. The highest BCUT2D eigenvalue weighted by Gasteiger charge is 2.31. The van der Waals surface area contributed by atoms with Crippen LogP contribution in [0.2, 0.25) is 5.28 Å². The summed E-state index contributed by atoms with van der Waals surface area (Å²) in [5.41, 5.74) is 0.648. The first-order chi connectivity index (χ1) is 16.8. The van der Waals surface area contributed by atoms with Crippen LogP contribution in [0.3, 0.4) is 0 Å². The molecule has 1 amide bonds. The topological polar surface area (TPSA) is 97.6 Å². The molecule has 4 rings (SSSR count). The van der Waals surface area contributed by atoms with Gasteiger partial charge in [-0.05, 0) is 86.9 Å². The number of rotatable bonds is 4. The predicted molar refractivity (Wildman–Crippen MR) is 148 cm³/mol. The van der Waals surface area contributed by atoms with Gasteiger partial charge in [0.1, 0.15) is 11.4 Å². The maximum atomic E-state index is 13.4. The number of halogens is 2. The highest BCUT2D eigenvalue weighted by atomic mass is 127. The standard InChI is InChI=1S/C24H29ClIN5O4S/c1-15-6-8-17(9-7-15)36(33,34)31-14-18(26)19-20(27-22(25)28-21(19)31)30-12-10-16(11-13-30)29(5)23(32)35-24(2,3)4/h6-9,14,16H,10-13H2,1-5H3. The fourth-order valence-electron chi connectivity index (χ4n) is 4.20. The van der Waals surface area contributed by atoms with E-state index in [0.717, 1.165) is 5.56 Å². The van der Waals surface area contributed by atoms with Gasteiger partial charge in [0.15, 0.2) is 5.65 Å². The molecule has 12 heteroatoms. The largest absolute Gasteiger partial charge is 0.444 e. The summed E-state index contributed by atoms with van der Waals surface area (Å²) in [5.74, 6) is 0.589. The van der Waals surface area contributed by atoms with Gasteiger partial charge in [-0.2, -0.15) is 9.97 Å². The number of aromatic nitrogens is 3. The number of fused-ring (bicyclic) bond motifs is 1. The third-order valence-corrected chi connectivity index (χ3v) is 8.74. The summed E-state index contributed by atoms with van der Waals surface area (Å²) in [5, 5.41) is 0.606. The van der Waals surface area contributed by atoms with Gasteiger partial charge < -0.3 is 14.5 Å². The van der Waals surface area contributed by atoms with E-state index >= 15 is 0 Å². The van der Waals surface area contributed by atoms with Gasteiger partial charge in [0.05, 0.1) is 10.3 Å². The minimum atomic E-state index is -3.88. The molecule has 0 aliphatic carbocycles. The van der Waals surface area contributed by atoms with E-state index < -0.39 is 15.6 Å². The quantitative estimate of drug-likeness (QED) is 0.289. The summed E-state index contributed by atoms with van der Waals surface area (Å²) in [6.45, 7) is 8.67. The van der Waals surface area contributed by atoms with Crippen LogP contribution in [0.25, 0.3) is 11.0 Å². The first-order valence-electron chi connectivity index (χ1n) is 11.5. The molecule has 0 saturated carbocycles. The fourth-order valence-corrected chi connectivity index (χ4v) is 6.62. The number of amides is 1. The molecule has 0 unspecified atom stereocenters. The van der Waals surface area contributed by atoms with E-state index in [2.05, 4.69) is 37.5 Å². The molecule has 2 aromatic heterocycles. The molecule has 36 heavy (non-hydrogen) atoms.